The van der Waals surface area contributed by atoms with E-state index in [0.29, 0.717) is 12.1 Å². The summed E-state index contributed by atoms with van der Waals surface area (Å²) in [6.45, 7) is 3.01. The molecule has 2 atom stereocenters. The maximum Gasteiger partial charge on any atom is 0.0725 e. The van der Waals surface area contributed by atoms with Crippen LogP contribution in [0, 0.1) is 0 Å². The molecular formula is C9H19NO. The summed E-state index contributed by atoms with van der Waals surface area (Å²) in [5, 5.41) is 0. The molecule has 0 saturated heterocycles. The number of rotatable bonds is 3. The van der Waals surface area contributed by atoms with E-state index in [4.69, 9.17) is 10.5 Å². The molecule has 0 spiro atoms. The molecule has 0 radical (unpaired) electrons. The predicted molar refractivity (Wildman–Crippen MR) is 46.5 cm³/mol. The third-order valence-corrected chi connectivity index (χ3v) is 2.29. The predicted octanol–water partition coefficient (Wildman–Crippen LogP) is 1.68. The van der Waals surface area contributed by atoms with Crippen LogP contribution in [0.1, 0.15) is 39.0 Å². The van der Waals surface area contributed by atoms with Gasteiger partial charge in [-0.05, 0) is 19.3 Å². The van der Waals surface area contributed by atoms with Crippen LogP contribution in [0.3, 0.4) is 0 Å². The Bertz CT molecular complexity index is 106. The molecule has 0 heterocycles. The van der Waals surface area contributed by atoms with Gasteiger partial charge in [0.25, 0.3) is 0 Å². The highest BCUT2D eigenvalue weighted by Gasteiger charge is 2.21. The highest BCUT2D eigenvalue weighted by molar-refractivity contribution is 4.78. The molecule has 0 aliphatic heterocycles. The van der Waals surface area contributed by atoms with Crippen molar-refractivity contribution in [3.63, 3.8) is 0 Å². The fraction of sp³-hybridized carbons (Fsp3) is 1.00. The lowest BCUT2D eigenvalue weighted by atomic mass is 9.93. The van der Waals surface area contributed by atoms with Gasteiger partial charge in [0.1, 0.15) is 0 Å². The molecule has 0 bridgehead atoms. The summed E-state index contributed by atoms with van der Waals surface area (Å²) in [5.41, 5.74) is 5.89. The van der Waals surface area contributed by atoms with Crippen LogP contribution in [0.25, 0.3) is 0 Å². The van der Waals surface area contributed by atoms with Crippen molar-refractivity contribution >= 4 is 0 Å². The Labute approximate surface area is 69.1 Å². The molecule has 1 saturated carbocycles. The Morgan fingerprint density at radius 1 is 1.36 bits per heavy atom. The molecular weight excluding hydrogens is 138 g/mol. The third kappa shape index (κ3) is 2.80. The molecule has 0 amide bonds. The minimum Gasteiger partial charge on any atom is -0.377 e. The summed E-state index contributed by atoms with van der Waals surface area (Å²) in [4.78, 5) is 0. The van der Waals surface area contributed by atoms with Gasteiger partial charge in [0.2, 0.25) is 0 Å². The summed E-state index contributed by atoms with van der Waals surface area (Å²) in [6.07, 6.45) is 6.34. The fourth-order valence-corrected chi connectivity index (χ4v) is 1.60. The van der Waals surface area contributed by atoms with Crippen LogP contribution in [0.2, 0.25) is 0 Å². The van der Waals surface area contributed by atoms with Gasteiger partial charge in [0.15, 0.2) is 0 Å². The second-order valence-electron chi connectivity index (χ2n) is 3.36. The zero-order valence-corrected chi connectivity index (χ0v) is 7.38. The second kappa shape index (κ2) is 4.73. The van der Waals surface area contributed by atoms with E-state index in [2.05, 4.69) is 6.92 Å². The van der Waals surface area contributed by atoms with Gasteiger partial charge < -0.3 is 10.5 Å². The van der Waals surface area contributed by atoms with Gasteiger partial charge in [-0.2, -0.15) is 0 Å². The first-order chi connectivity index (χ1) is 5.34. The third-order valence-electron chi connectivity index (χ3n) is 2.29. The molecule has 1 aliphatic rings. The second-order valence-corrected chi connectivity index (χ2v) is 3.36. The Kier molecular flexibility index (Phi) is 3.87. The zero-order valence-electron chi connectivity index (χ0n) is 7.38. The standard InChI is InChI=1S/C9H19NO/c1-2-7-11-9-6-4-3-5-8(9)10/h8-9H,2-7,10H2,1H3. The molecule has 1 fully saturated rings. The van der Waals surface area contributed by atoms with E-state index in [-0.39, 0.29) is 0 Å². The molecule has 0 aromatic carbocycles. The maximum atomic E-state index is 5.89. The Hall–Kier alpha value is -0.0800. The van der Waals surface area contributed by atoms with Crippen LogP contribution in [0.4, 0.5) is 0 Å². The molecule has 2 heteroatoms. The van der Waals surface area contributed by atoms with E-state index in [1.807, 2.05) is 0 Å². The van der Waals surface area contributed by atoms with E-state index < -0.39 is 0 Å². The lowest BCUT2D eigenvalue weighted by molar-refractivity contribution is 0.0155. The van der Waals surface area contributed by atoms with Crippen LogP contribution >= 0.6 is 0 Å². The summed E-state index contributed by atoms with van der Waals surface area (Å²) in [5.74, 6) is 0. The molecule has 2 N–H and O–H groups in total. The lowest BCUT2D eigenvalue weighted by Gasteiger charge is -2.28. The fourth-order valence-electron chi connectivity index (χ4n) is 1.60. The van der Waals surface area contributed by atoms with Crippen molar-refractivity contribution in [3.8, 4) is 0 Å². The number of hydrogen-bond donors (Lipinski definition) is 1. The largest absolute Gasteiger partial charge is 0.377 e. The van der Waals surface area contributed by atoms with Crippen molar-refractivity contribution in [2.45, 2.75) is 51.2 Å². The first kappa shape index (κ1) is 9.01. The smallest absolute Gasteiger partial charge is 0.0725 e. The van der Waals surface area contributed by atoms with Crippen molar-refractivity contribution in [2.75, 3.05) is 6.61 Å². The molecule has 1 aliphatic carbocycles. The van der Waals surface area contributed by atoms with Crippen molar-refractivity contribution in [1.82, 2.24) is 0 Å². The van der Waals surface area contributed by atoms with E-state index in [0.717, 1.165) is 19.4 Å². The van der Waals surface area contributed by atoms with Crippen molar-refractivity contribution in [2.24, 2.45) is 5.73 Å². The van der Waals surface area contributed by atoms with E-state index >= 15 is 0 Å². The minimum absolute atomic E-state index is 0.301. The minimum atomic E-state index is 0.301. The van der Waals surface area contributed by atoms with Gasteiger partial charge in [-0.15, -0.1) is 0 Å². The van der Waals surface area contributed by atoms with Crippen LogP contribution in [-0.4, -0.2) is 18.8 Å². The van der Waals surface area contributed by atoms with Gasteiger partial charge in [-0.3, -0.25) is 0 Å². The van der Waals surface area contributed by atoms with E-state index in [9.17, 15) is 0 Å². The highest BCUT2D eigenvalue weighted by Crippen LogP contribution is 2.19. The highest BCUT2D eigenvalue weighted by atomic mass is 16.5. The number of hydrogen-bond acceptors (Lipinski definition) is 2. The topological polar surface area (TPSA) is 35.2 Å². The lowest BCUT2D eigenvalue weighted by Crippen LogP contribution is -2.39. The maximum absolute atomic E-state index is 5.89. The summed E-state index contributed by atoms with van der Waals surface area (Å²) < 4.78 is 5.62. The first-order valence-corrected chi connectivity index (χ1v) is 4.71. The van der Waals surface area contributed by atoms with Crippen LogP contribution in [0.5, 0.6) is 0 Å². The monoisotopic (exact) mass is 157 g/mol. The molecule has 1 rings (SSSR count). The van der Waals surface area contributed by atoms with E-state index in [1.165, 1.54) is 19.3 Å². The van der Waals surface area contributed by atoms with Crippen molar-refractivity contribution in [1.29, 1.82) is 0 Å². The normalized spacial score (nSPS) is 32.2. The van der Waals surface area contributed by atoms with Crippen LogP contribution in [-0.2, 0) is 4.74 Å². The SMILES string of the molecule is CCCOC1CCCCC1N. The van der Waals surface area contributed by atoms with Gasteiger partial charge >= 0.3 is 0 Å². The van der Waals surface area contributed by atoms with Gasteiger partial charge in [0.05, 0.1) is 6.10 Å². The summed E-state index contributed by atoms with van der Waals surface area (Å²) >= 11 is 0. The Morgan fingerprint density at radius 3 is 2.73 bits per heavy atom. The Morgan fingerprint density at radius 2 is 2.09 bits per heavy atom. The van der Waals surface area contributed by atoms with Gasteiger partial charge in [0, 0.05) is 12.6 Å². The van der Waals surface area contributed by atoms with Gasteiger partial charge in [-0.1, -0.05) is 19.8 Å². The summed E-state index contributed by atoms with van der Waals surface area (Å²) in [7, 11) is 0. The quantitative estimate of drug-likeness (QED) is 0.676. The zero-order chi connectivity index (χ0) is 8.10. The Balaban J connectivity index is 2.18. The van der Waals surface area contributed by atoms with Crippen LogP contribution < -0.4 is 5.73 Å². The molecule has 11 heavy (non-hydrogen) atoms. The molecule has 2 nitrogen and oxygen atoms in total. The van der Waals surface area contributed by atoms with E-state index in [1.54, 1.807) is 0 Å². The molecule has 0 aromatic heterocycles. The van der Waals surface area contributed by atoms with Gasteiger partial charge in [-0.25, -0.2) is 0 Å². The first-order valence-electron chi connectivity index (χ1n) is 4.71. The average Bonchev–Trinajstić information content (AvgIpc) is 2.03. The van der Waals surface area contributed by atoms with Crippen molar-refractivity contribution in [3.05, 3.63) is 0 Å². The summed E-state index contributed by atoms with van der Waals surface area (Å²) in [6, 6.07) is 0.301. The van der Waals surface area contributed by atoms with Crippen molar-refractivity contribution < 1.29 is 4.74 Å². The molecule has 66 valence electrons. The molecule has 0 aromatic rings. The number of nitrogens with two attached hydrogens (primary N) is 1. The average molecular weight is 157 g/mol. The van der Waals surface area contributed by atoms with Crippen LogP contribution in [0.15, 0.2) is 0 Å². The molecule has 2 unspecified atom stereocenters. The number of ether oxygens (including phenoxy) is 1.